The van der Waals surface area contributed by atoms with E-state index in [4.69, 9.17) is 56.8 Å². The third-order valence-corrected chi connectivity index (χ3v) is 19.3. The maximum Gasteiger partial charge on any atom is 0.203 e. The first-order valence-corrected chi connectivity index (χ1v) is 38.2. The molecule has 0 aliphatic carbocycles. The number of aliphatic hydroxyl groups excluding tert-OH is 1. The smallest absolute Gasteiger partial charge is 0.203 e. The molecule has 0 fully saturated rings. The van der Waals surface area contributed by atoms with Gasteiger partial charge in [-0.25, -0.2) is 0 Å². The molecule has 0 spiro atoms. The topological polar surface area (TPSA) is 148 Å². The van der Waals surface area contributed by atoms with Crippen LogP contribution in [0.1, 0.15) is 114 Å². The number of hydrogen-bond acceptors (Lipinski definition) is 14. The Hall–Kier alpha value is -13.7. The van der Waals surface area contributed by atoms with Crippen molar-refractivity contribution in [2.75, 3.05) is 0 Å². The highest BCUT2D eigenvalue weighted by Crippen LogP contribution is 2.52. The van der Waals surface area contributed by atoms with Crippen LogP contribution in [-0.2, 0) is 66.1 Å². The van der Waals surface area contributed by atoms with E-state index in [0.717, 1.165) is 61.2 Å². The number of aliphatic hydroxyl groups is 1. The number of Topliss-reactive ketones (excluding diaryl/α,β-unsaturated/α-hetero) is 1. The van der Waals surface area contributed by atoms with Crippen LogP contribution in [0, 0.1) is 0 Å². The Morgan fingerprint density at radius 3 is 0.825 bits per heavy atom. The van der Waals surface area contributed by atoms with Crippen LogP contribution >= 0.6 is 0 Å². The van der Waals surface area contributed by atoms with Gasteiger partial charge in [0.05, 0.1) is 18.1 Å². The van der Waals surface area contributed by atoms with E-state index in [0.29, 0.717) is 145 Å². The Morgan fingerprint density at radius 1 is 0.263 bits per heavy atom. The highest BCUT2D eigenvalue weighted by Gasteiger charge is 2.36. The molecule has 0 bridgehead atoms. The summed E-state index contributed by atoms with van der Waals surface area (Å²) in [4.78, 5) is 14.2. The van der Waals surface area contributed by atoms with E-state index in [2.05, 4.69) is 0 Å². The fraction of sp³-hybridized carbons (Fsp3) is 0.150. The van der Waals surface area contributed by atoms with Gasteiger partial charge in [-0.05, 0) is 79.9 Å². The summed E-state index contributed by atoms with van der Waals surface area (Å²) in [5, 5.41) is 11.9. The Morgan fingerprint density at radius 2 is 0.509 bits per heavy atom. The summed E-state index contributed by atoms with van der Waals surface area (Å²) >= 11 is 0. The Bertz CT molecular complexity index is 5230. The van der Waals surface area contributed by atoms with Crippen molar-refractivity contribution in [3.63, 3.8) is 0 Å². The van der Waals surface area contributed by atoms with Crippen molar-refractivity contribution in [1.82, 2.24) is 0 Å². The van der Waals surface area contributed by atoms with Crippen LogP contribution in [0.4, 0.5) is 0 Å². The summed E-state index contributed by atoms with van der Waals surface area (Å²) in [6.07, 6.45) is -1.80. The fourth-order valence-corrected chi connectivity index (χ4v) is 13.3. The summed E-state index contributed by atoms with van der Waals surface area (Å²) in [6.45, 7) is 3.11. The third kappa shape index (κ3) is 20.7. The van der Waals surface area contributed by atoms with Crippen LogP contribution in [0.3, 0.4) is 0 Å². The van der Waals surface area contributed by atoms with Crippen LogP contribution in [-0.4, -0.2) is 10.9 Å². The molecule has 2 aliphatic heterocycles. The van der Waals surface area contributed by atoms with Crippen LogP contribution in [0.2, 0.25) is 0 Å². The summed E-state index contributed by atoms with van der Waals surface area (Å²) in [5.74, 6) is 5.68. The first-order valence-electron chi connectivity index (χ1n) is 38.2. The predicted octanol–water partition coefficient (Wildman–Crippen LogP) is 22.4. The SMILES string of the molecule is O=C1CC(c2cc(OCc3ccccc3)c(OCc3ccccc3)c(OCc3ccccc3)c2)Oc2cc(OCc3ccccc3)cc(OCc3ccccc3)c21.OC1C[C@@H](c2cc(OCc3ccccc3)c(OCc3ccccc3)c(OCc3ccccc3)c2)Oc2cc(OCc3ccccc3)cc(OCc3ccccc3)c21. The van der Waals surface area contributed by atoms with Gasteiger partial charge in [-0.3, -0.25) is 4.79 Å². The second-order valence-corrected chi connectivity index (χ2v) is 27.7. The van der Waals surface area contributed by atoms with E-state index in [1.165, 1.54) is 0 Å². The lowest BCUT2D eigenvalue weighted by Crippen LogP contribution is -2.22. The number of benzene rings is 14. The van der Waals surface area contributed by atoms with Gasteiger partial charge < -0.3 is 61.9 Å². The van der Waals surface area contributed by atoms with E-state index in [9.17, 15) is 9.90 Å². The van der Waals surface area contributed by atoms with Crippen molar-refractivity contribution >= 4 is 5.78 Å². The molecule has 570 valence electrons. The Labute approximate surface area is 664 Å². The highest BCUT2D eigenvalue weighted by atomic mass is 16.6. The molecular weight excluding hydrogens is 1430 g/mol. The van der Waals surface area contributed by atoms with Gasteiger partial charge in [-0.15, -0.1) is 0 Å². The van der Waals surface area contributed by atoms with E-state index in [1.54, 1.807) is 12.1 Å². The molecular formula is C100H86O14. The summed E-state index contributed by atoms with van der Waals surface area (Å²) < 4.78 is 78.0. The van der Waals surface area contributed by atoms with Crippen molar-refractivity contribution in [3.05, 3.63) is 430 Å². The maximum atomic E-state index is 14.2. The lowest BCUT2D eigenvalue weighted by atomic mass is 9.93. The number of ketones is 1. The molecule has 0 radical (unpaired) electrons. The molecule has 14 nitrogen and oxygen atoms in total. The largest absolute Gasteiger partial charge is 0.489 e. The zero-order valence-corrected chi connectivity index (χ0v) is 63.0. The quantitative estimate of drug-likeness (QED) is 0.0426. The van der Waals surface area contributed by atoms with E-state index in [1.807, 2.05) is 340 Å². The van der Waals surface area contributed by atoms with Gasteiger partial charge in [0.15, 0.2) is 28.8 Å². The molecule has 0 amide bonds. The Balaban J connectivity index is 0.000000180. The second kappa shape index (κ2) is 38.3. The van der Waals surface area contributed by atoms with Crippen molar-refractivity contribution in [3.8, 4) is 69.0 Å². The third-order valence-electron chi connectivity index (χ3n) is 19.3. The molecule has 3 atom stereocenters. The maximum absolute atomic E-state index is 14.2. The van der Waals surface area contributed by atoms with Gasteiger partial charge in [0, 0.05) is 41.8 Å². The average molecular weight is 1510 g/mol. The van der Waals surface area contributed by atoms with Gasteiger partial charge >= 0.3 is 0 Å². The van der Waals surface area contributed by atoms with E-state index in [-0.39, 0.29) is 25.2 Å². The molecule has 0 aromatic heterocycles. The number of carbonyl (C=O) groups is 1. The predicted molar refractivity (Wildman–Crippen MR) is 439 cm³/mol. The fourth-order valence-electron chi connectivity index (χ4n) is 13.3. The molecule has 14 aromatic carbocycles. The molecule has 114 heavy (non-hydrogen) atoms. The van der Waals surface area contributed by atoms with Gasteiger partial charge in [-0.1, -0.05) is 303 Å². The molecule has 16 rings (SSSR count). The first kappa shape index (κ1) is 75.7. The number of fused-ring (bicyclic) bond motifs is 2. The molecule has 0 saturated heterocycles. The zero-order valence-electron chi connectivity index (χ0n) is 63.0. The van der Waals surface area contributed by atoms with Gasteiger partial charge in [-0.2, -0.15) is 0 Å². The van der Waals surface area contributed by atoms with Gasteiger partial charge in [0.25, 0.3) is 0 Å². The number of carbonyl (C=O) groups excluding carboxylic acids is 1. The Kier molecular flexibility index (Phi) is 25.4. The van der Waals surface area contributed by atoms with E-state index >= 15 is 0 Å². The highest BCUT2D eigenvalue weighted by molar-refractivity contribution is 6.03. The molecule has 1 N–H and O–H groups in total. The number of ether oxygens (including phenoxy) is 12. The molecule has 2 aliphatic rings. The molecule has 0 saturated carbocycles. The minimum atomic E-state index is -0.899. The summed E-state index contributed by atoms with van der Waals surface area (Å²) in [7, 11) is 0. The molecule has 2 heterocycles. The minimum absolute atomic E-state index is 0.0688. The summed E-state index contributed by atoms with van der Waals surface area (Å²) in [6, 6.07) is 114. The van der Waals surface area contributed by atoms with Crippen LogP contribution in [0.25, 0.3) is 0 Å². The van der Waals surface area contributed by atoms with Crippen molar-refractivity contribution in [1.29, 1.82) is 0 Å². The van der Waals surface area contributed by atoms with Crippen molar-refractivity contribution in [2.24, 2.45) is 0 Å². The lowest BCUT2D eigenvalue weighted by Gasteiger charge is -2.32. The standard InChI is InChI=1S/C50H44O7.C50H42O7/c2*51-43-30-44(57-46-29-42(52-31-36-16-6-1-7-17-36)28-45(49(43)46)53-32-37-18-8-2-9-19-37)41-26-47(54-33-38-20-10-3-11-21-38)50(56-35-40-24-14-5-15-25-40)48(27-41)55-34-39-22-12-4-13-23-39/h1-29,43-44,51H,30-35H2;1-29,44H,30-35H2/t43?,44-;/m0./s1. The molecule has 14 heteroatoms. The normalized spacial score (nSPS) is 13.8. The van der Waals surface area contributed by atoms with Crippen LogP contribution < -0.4 is 56.8 Å². The van der Waals surface area contributed by atoms with Gasteiger partial charge in [0.1, 0.15) is 118 Å². The second-order valence-electron chi connectivity index (χ2n) is 27.7. The van der Waals surface area contributed by atoms with Crippen molar-refractivity contribution < 1.29 is 66.7 Å². The van der Waals surface area contributed by atoms with Crippen LogP contribution in [0.5, 0.6) is 69.0 Å². The van der Waals surface area contributed by atoms with Crippen LogP contribution in [0.15, 0.2) is 352 Å². The monoisotopic (exact) mass is 1510 g/mol. The first-order chi connectivity index (χ1) is 56.3. The minimum Gasteiger partial charge on any atom is -0.489 e. The van der Waals surface area contributed by atoms with E-state index < -0.39 is 18.3 Å². The van der Waals surface area contributed by atoms with Gasteiger partial charge in [0.2, 0.25) is 11.5 Å². The lowest BCUT2D eigenvalue weighted by molar-refractivity contribution is 0.0614. The average Bonchev–Trinajstić information content (AvgIpc) is 0.771. The van der Waals surface area contributed by atoms with Crippen molar-refractivity contribution in [2.45, 2.75) is 97.2 Å². The summed E-state index contributed by atoms with van der Waals surface area (Å²) in [5.41, 5.74) is 12.5. The molecule has 2 unspecified atom stereocenters. The number of hydrogen-bond donors (Lipinski definition) is 1. The number of rotatable bonds is 32. The molecule has 14 aromatic rings. The zero-order chi connectivity index (χ0) is 77.3.